The van der Waals surface area contributed by atoms with Crippen LogP contribution in [0.1, 0.15) is 62.9 Å². The van der Waals surface area contributed by atoms with Gasteiger partial charge in [0.05, 0.1) is 17.9 Å². The van der Waals surface area contributed by atoms with Crippen LogP contribution in [0.2, 0.25) is 0 Å². The summed E-state index contributed by atoms with van der Waals surface area (Å²) in [6.45, 7) is 3.43. The molecule has 2 aliphatic rings. The lowest BCUT2D eigenvalue weighted by Gasteiger charge is -2.17. The zero-order valence-corrected chi connectivity index (χ0v) is 16.7. The molecule has 0 amide bonds. The molecule has 0 bridgehead atoms. The minimum atomic E-state index is -1.00. The number of aromatic nitrogens is 4. The maximum absolute atomic E-state index is 10.2. The lowest BCUT2D eigenvalue weighted by molar-refractivity contribution is 0.0739. The molecule has 2 fully saturated rings. The van der Waals surface area contributed by atoms with Crippen molar-refractivity contribution < 1.29 is 9.84 Å². The zero-order valence-electron chi connectivity index (χ0n) is 16.7. The molecule has 3 aromatic heterocycles. The van der Waals surface area contributed by atoms with Crippen LogP contribution in [0.4, 0.5) is 11.5 Å². The Morgan fingerprint density at radius 2 is 1.90 bits per heavy atom. The third-order valence-electron chi connectivity index (χ3n) is 5.23. The third kappa shape index (κ3) is 4.10. The smallest absolute Gasteiger partial charge is 0.168 e. The van der Waals surface area contributed by atoms with Crippen molar-refractivity contribution in [3.8, 4) is 11.5 Å². The summed E-state index contributed by atoms with van der Waals surface area (Å²) in [6.07, 6.45) is 10.2. The SMILES string of the molecule is CC(C)(O)c1cc(Nc2cc(Oc3cn(C4CC4)nc3C3CC3)ccn2)ccn1. The molecule has 0 spiro atoms. The van der Waals surface area contributed by atoms with Crippen molar-refractivity contribution >= 4 is 11.5 Å². The molecule has 2 saturated carbocycles. The Bertz CT molecular complexity index is 1030. The van der Waals surface area contributed by atoms with Crippen LogP contribution in [0.5, 0.6) is 11.5 Å². The first-order valence-electron chi connectivity index (χ1n) is 10.1. The molecule has 7 heteroatoms. The second-order valence-corrected chi connectivity index (χ2v) is 8.46. The summed E-state index contributed by atoms with van der Waals surface area (Å²) < 4.78 is 8.28. The van der Waals surface area contributed by atoms with Gasteiger partial charge in [0.25, 0.3) is 0 Å². The largest absolute Gasteiger partial charge is 0.454 e. The summed E-state index contributed by atoms with van der Waals surface area (Å²) in [5.41, 5.74) is 1.47. The summed E-state index contributed by atoms with van der Waals surface area (Å²) >= 11 is 0. The Morgan fingerprint density at radius 1 is 1.10 bits per heavy atom. The van der Waals surface area contributed by atoms with Crippen molar-refractivity contribution in [1.82, 2.24) is 19.7 Å². The molecule has 0 saturated heterocycles. The number of rotatable bonds is 7. The number of hydrogen-bond acceptors (Lipinski definition) is 6. The first-order chi connectivity index (χ1) is 14.0. The molecule has 2 N–H and O–H groups in total. The topological polar surface area (TPSA) is 85.1 Å². The van der Waals surface area contributed by atoms with Crippen molar-refractivity contribution in [2.45, 2.75) is 57.1 Å². The molecule has 0 aliphatic heterocycles. The third-order valence-corrected chi connectivity index (χ3v) is 5.23. The summed E-state index contributed by atoms with van der Waals surface area (Å²) in [7, 11) is 0. The second-order valence-electron chi connectivity index (χ2n) is 8.46. The number of ether oxygens (including phenoxy) is 1. The van der Waals surface area contributed by atoms with Gasteiger partial charge in [0, 0.05) is 30.1 Å². The highest BCUT2D eigenvalue weighted by Gasteiger charge is 2.33. The van der Waals surface area contributed by atoms with Crippen LogP contribution in [0.3, 0.4) is 0 Å². The van der Waals surface area contributed by atoms with Crippen LogP contribution in [0.15, 0.2) is 42.9 Å². The van der Waals surface area contributed by atoms with Gasteiger partial charge in [0.2, 0.25) is 0 Å². The summed E-state index contributed by atoms with van der Waals surface area (Å²) in [5, 5.41) is 18.2. The van der Waals surface area contributed by atoms with Crippen molar-refractivity contribution in [1.29, 1.82) is 0 Å². The predicted octanol–water partition coefficient (Wildman–Crippen LogP) is 4.65. The molecule has 150 valence electrons. The minimum absolute atomic E-state index is 0.529. The molecule has 7 nitrogen and oxygen atoms in total. The van der Waals surface area contributed by atoms with Gasteiger partial charge in [-0.3, -0.25) is 9.67 Å². The van der Waals surface area contributed by atoms with Crippen molar-refractivity contribution in [3.05, 3.63) is 54.2 Å². The average Bonchev–Trinajstić information content (AvgIpc) is 3.60. The van der Waals surface area contributed by atoms with E-state index in [1.807, 2.05) is 30.5 Å². The molecule has 29 heavy (non-hydrogen) atoms. The van der Waals surface area contributed by atoms with Crippen LogP contribution in [-0.2, 0) is 5.60 Å². The Hall–Kier alpha value is -2.93. The van der Waals surface area contributed by atoms with E-state index in [9.17, 15) is 5.11 Å². The number of aliphatic hydroxyl groups is 1. The van der Waals surface area contributed by atoms with Gasteiger partial charge < -0.3 is 15.2 Å². The van der Waals surface area contributed by atoms with E-state index in [2.05, 4.69) is 20.0 Å². The van der Waals surface area contributed by atoms with Crippen LogP contribution >= 0.6 is 0 Å². The standard InChI is InChI=1S/C22H25N5O2/c1-22(2,28)19-11-15(7-9-23-19)25-20-12-17(8-10-24-20)29-18-13-27(16-5-6-16)26-21(18)14-3-4-14/h7-14,16,28H,3-6H2,1-2H3,(H,23,24,25). The highest BCUT2D eigenvalue weighted by molar-refractivity contribution is 5.58. The average molecular weight is 391 g/mol. The Balaban J connectivity index is 1.36. The Morgan fingerprint density at radius 3 is 2.62 bits per heavy atom. The lowest BCUT2D eigenvalue weighted by Crippen LogP contribution is -2.17. The number of anilines is 2. The van der Waals surface area contributed by atoms with Gasteiger partial charge in [0.15, 0.2) is 5.75 Å². The molecule has 0 radical (unpaired) electrons. The van der Waals surface area contributed by atoms with E-state index in [1.54, 1.807) is 26.2 Å². The van der Waals surface area contributed by atoms with Crippen molar-refractivity contribution in [2.24, 2.45) is 0 Å². The predicted molar refractivity (Wildman–Crippen MR) is 110 cm³/mol. The molecule has 5 rings (SSSR count). The van der Waals surface area contributed by atoms with E-state index in [-0.39, 0.29) is 0 Å². The van der Waals surface area contributed by atoms with Crippen LogP contribution in [0, 0.1) is 0 Å². The van der Waals surface area contributed by atoms with Gasteiger partial charge in [-0.2, -0.15) is 5.10 Å². The fraction of sp³-hybridized carbons (Fsp3) is 0.409. The van der Waals surface area contributed by atoms with E-state index in [0.29, 0.717) is 23.5 Å². The van der Waals surface area contributed by atoms with Gasteiger partial charge >= 0.3 is 0 Å². The van der Waals surface area contributed by atoms with Crippen LogP contribution < -0.4 is 10.1 Å². The first kappa shape index (κ1) is 18.1. The fourth-order valence-electron chi connectivity index (χ4n) is 3.29. The molecular weight excluding hydrogens is 366 g/mol. The molecule has 3 heterocycles. The number of nitrogens with zero attached hydrogens (tertiary/aromatic N) is 4. The minimum Gasteiger partial charge on any atom is -0.454 e. The van der Waals surface area contributed by atoms with Crippen LogP contribution in [0.25, 0.3) is 0 Å². The lowest BCUT2D eigenvalue weighted by atomic mass is 10.0. The van der Waals surface area contributed by atoms with Crippen molar-refractivity contribution in [3.63, 3.8) is 0 Å². The Kier molecular flexibility index (Phi) is 4.28. The van der Waals surface area contributed by atoms with E-state index in [0.717, 1.165) is 22.9 Å². The second kappa shape index (κ2) is 6.84. The maximum Gasteiger partial charge on any atom is 0.168 e. The zero-order chi connectivity index (χ0) is 20.0. The molecular formula is C22H25N5O2. The quantitative estimate of drug-likeness (QED) is 0.610. The molecule has 3 aromatic rings. The number of hydrogen-bond donors (Lipinski definition) is 2. The summed E-state index contributed by atoms with van der Waals surface area (Å²) in [6, 6.07) is 7.92. The molecule has 0 unspecified atom stereocenters. The number of pyridine rings is 2. The van der Waals surface area contributed by atoms with Gasteiger partial charge in [-0.25, -0.2) is 4.98 Å². The first-order valence-corrected chi connectivity index (χ1v) is 10.1. The van der Waals surface area contributed by atoms with E-state index in [4.69, 9.17) is 9.84 Å². The van der Waals surface area contributed by atoms with Gasteiger partial charge in [-0.1, -0.05) is 0 Å². The van der Waals surface area contributed by atoms with E-state index < -0.39 is 5.60 Å². The summed E-state index contributed by atoms with van der Waals surface area (Å²) in [4.78, 5) is 8.62. The van der Waals surface area contributed by atoms with Crippen LogP contribution in [-0.4, -0.2) is 24.9 Å². The normalized spacial score (nSPS) is 16.7. The fourth-order valence-corrected chi connectivity index (χ4v) is 3.29. The van der Waals surface area contributed by atoms with Crippen molar-refractivity contribution in [2.75, 3.05) is 5.32 Å². The highest BCUT2D eigenvalue weighted by Crippen LogP contribution is 2.46. The molecule has 0 atom stereocenters. The number of nitrogens with one attached hydrogen (secondary N) is 1. The summed E-state index contributed by atoms with van der Waals surface area (Å²) in [5.74, 6) is 2.76. The Labute approximate surface area is 169 Å². The van der Waals surface area contributed by atoms with E-state index >= 15 is 0 Å². The molecule has 2 aliphatic carbocycles. The van der Waals surface area contributed by atoms with Gasteiger partial charge in [0.1, 0.15) is 22.9 Å². The molecule has 0 aromatic carbocycles. The highest BCUT2D eigenvalue weighted by atomic mass is 16.5. The van der Waals surface area contributed by atoms with E-state index in [1.165, 1.54) is 25.7 Å². The van der Waals surface area contributed by atoms with Gasteiger partial charge in [-0.15, -0.1) is 0 Å². The monoisotopic (exact) mass is 391 g/mol. The maximum atomic E-state index is 10.2. The van der Waals surface area contributed by atoms with Gasteiger partial charge in [-0.05, 0) is 57.7 Å².